The Morgan fingerprint density at radius 1 is 0.838 bits per heavy atom. The lowest BCUT2D eigenvalue weighted by molar-refractivity contribution is 0.262. The molecule has 2 heterocycles. The van der Waals surface area contributed by atoms with Crippen LogP contribution in [0.3, 0.4) is 0 Å². The van der Waals surface area contributed by atoms with Crippen molar-refractivity contribution in [2.24, 2.45) is 0 Å². The van der Waals surface area contributed by atoms with Gasteiger partial charge >= 0.3 is 6.03 Å². The number of urea groups is 1. The van der Waals surface area contributed by atoms with Gasteiger partial charge in [-0.1, -0.05) is 0 Å². The van der Waals surface area contributed by atoms with Crippen molar-refractivity contribution in [2.45, 2.75) is 20.8 Å². The maximum atomic E-state index is 12.6. The van der Waals surface area contributed by atoms with Gasteiger partial charge in [-0.2, -0.15) is 4.98 Å². The average molecular weight is 505 g/mol. The zero-order valence-corrected chi connectivity index (χ0v) is 21.4. The van der Waals surface area contributed by atoms with Crippen LogP contribution in [0.5, 0.6) is 28.9 Å². The molecule has 0 atom stereocenters. The molecule has 11 nitrogen and oxygen atoms in total. The lowest BCUT2D eigenvalue weighted by Crippen LogP contribution is -2.19. The highest BCUT2D eigenvalue weighted by molar-refractivity contribution is 6.00. The Labute approximate surface area is 214 Å². The van der Waals surface area contributed by atoms with Crippen LogP contribution in [-0.4, -0.2) is 46.9 Å². The van der Waals surface area contributed by atoms with Crippen molar-refractivity contribution in [2.75, 3.05) is 32.0 Å². The van der Waals surface area contributed by atoms with Crippen LogP contribution in [0.2, 0.25) is 0 Å². The molecule has 0 aliphatic carbocycles. The number of benzene rings is 2. The fourth-order valence-electron chi connectivity index (χ4n) is 3.60. The zero-order valence-electron chi connectivity index (χ0n) is 21.4. The number of aryl methyl sites for hydroxylation is 2. The number of anilines is 2. The highest BCUT2D eigenvalue weighted by Gasteiger charge is 2.15. The van der Waals surface area contributed by atoms with Gasteiger partial charge in [0.2, 0.25) is 11.6 Å². The summed E-state index contributed by atoms with van der Waals surface area (Å²) in [6, 6.07) is 11.5. The van der Waals surface area contributed by atoms with Crippen LogP contribution in [-0.2, 0) is 0 Å². The summed E-state index contributed by atoms with van der Waals surface area (Å²) in [5, 5.41) is 5.54. The third-order valence-electron chi connectivity index (χ3n) is 5.56. The number of methoxy groups -OCH3 is 3. The smallest absolute Gasteiger partial charge is 0.323 e. The number of amides is 2. The highest BCUT2D eigenvalue weighted by atomic mass is 16.5. The van der Waals surface area contributed by atoms with Gasteiger partial charge in [-0.05, 0) is 45.0 Å². The third kappa shape index (κ3) is 5.72. The summed E-state index contributed by atoms with van der Waals surface area (Å²) in [4.78, 5) is 25.7. The van der Waals surface area contributed by atoms with Gasteiger partial charge in [0.05, 0.1) is 32.7 Å². The number of hydrogen-bond acceptors (Lipinski definition) is 8. The van der Waals surface area contributed by atoms with Crippen LogP contribution < -0.4 is 29.6 Å². The summed E-state index contributed by atoms with van der Waals surface area (Å²) < 4.78 is 23.8. The van der Waals surface area contributed by atoms with Gasteiger partial charge in [-0.15, -0.1) is 0 Å². The van der Waals surface area contributed by atoms with E-state index in [-0.39, 0.29) is 0 Å². The van der Waals surface area contributed by atoms with Gasteiger partial charge in [0, 0.05) is 29.6 Å². The molecule has 4 aromatic rings. The minimum atomic E-state index is -0.440. The maximum Gasteiger partial charge on any atom is 0.323 e. The summed E-state index contributed by atoms with van der Waals surface area (Å²) >= 11 is 0. The lowest BCUT2D eigenvalue weighted by Gasteiger charge is -2.15. The second-order valence-electron chi connectivity index (χ2n) is 8.02. The van der Waals surface area contributed by atoms with E-state index in [0.29, 0.717) is 51.9 Å². The molecule has 0 aliphatic rings. The summed E-state index contributed by atoms with van der Waals surface area (Å²) in [6.45, 7) is 5.72. The number of carbonyl (C=O) groups excluding carboxylic acids is 1. The van der Waals surface area contributed by atoms with Crippen LogP contribution in [0.15, 0.2) is 48.8 Å². The molecule has 192 valence electrons. The van der Waals surface area contributed by atoms with Crippen LogP contribution in [0.25, 0.3) is 5.82 Å². The fourth-order valence-corrected chi connectivity index (χ4v) is 3.60. The van der Waals surface area contributed by atoms with E-state index in [1.807, 2.05) is 18.4 Å². The van der Waals surface area contributed by atoms with E-state index in [0.717, 1.165) is 11.4 Å². The molecular formula is C26H28N6O5. The van der Waals surface area contributed by atoms with Gasteiger partial charge in [-0.3, -0.25) is 4.57 Å². The molecule has 37 heavy (non-hydrogen) atoms. The summed E-state index contributed by atoms with van der Waals surface area (Å²) in [5.41, 5.74) is 2.96. The molecule has 0 saturated carbocycles. The first-order chi connectivity index (χ1) is 17.8. The minimum Gasteiger partial charge on any atom is -0.493 e. The van der Waals surface area contributed by atoms with E-state index in [4.69, 9.17) is 18.9 Å². The summed E-state index contributed by atoms with van der Waals surface area (Å²) in [5.74, 6) is 3.49. The van der Waals surface area contributed by atoms with Crippen LogP contribution in [0, 0.1) is 20.8 Å². The molecular weight excluding hydrogens is 476 g/mol. The Hall–Kier alpha value is -4.80. The first kappa shape index (κ1) is 25.3. The number of imidazole rings is 1. The van der Waals surface area contributed by atoms with Gasteiger partial charge in [-0.25, -0.2) is 14.8 Å². The van der Waals surface area contributed by atoms with Crippen molar-refractivity contribution >= 4 is 17.4 Å². The van der Waals surface area contributed by atoms with Crippen molar-refractivity contribution in [3.8, 4) is 34.7 Å². The van der Waals surface area contributed by atoms with Gasteiger partial charge < -0.3 is 29.6 Å². The van der Waals surface area contributed by atoms with Gasteiger partial charge in [0.15, 0.2) is 11.5 Å². The van der Waals surface area contributed by atoms with Crippen molar-refractivity contribution < 1.29 is 23.7 Å². The lowest BCUT2D eigenvalue weighted by atomic mass is 10.2. The number of carbonyl (C=O) groups is 1. The monoisotopic (exact) mass is 504 g/mol. The second kappa shape index (κ2) is 10.9. The molecule has 0 bridgehead atoms. The van der Waals surface area contributed by atoms with E-state index in [1.165, 1.54) is 21.3 Å². The SMILES string of the molecule is COc1cc(NC(=O)Nc2ccc(Oc3cc(-n4cnc(C)c4C)nc(C)n3)cc2)cc(OC)c1OC. The molecule has 0 unspecified atom stereocenters. The minimum absolute atomic E-state index is 0.397. The van der Waals surface area contributed by atoms with E-state index >= 15 is 0 Å². The summed E-state index contributed by atoms with van der Waals surface area (Å²) in [6.07, 6.45) is 1.72. The normalized spacial score (nSPS) is 10.5. The topological polar surface area (TPSA) is 122 Å². The molecule has 4 rings (SSSR count). The van der Waals surface area contributed by atoms with Crippen molar-refractivity contribution in [3.05, 3.63) is 66.0 Å². The number of aromatic nitrogens is 4. The summed E-state index contributed by atoms with van der Waals surface area (Å²) in [7, 11) is 4.53. The molecule has 0 aliphatic heterocycles. The molecule has 2 amide bonds. The highest BCUT2D eigenvalue weighted by Crippen LogP contribution is 2.40. The predicted molar refractivity (Wildman–Crippen MR) is 139 cm³/mol. The standard InChI is InChI=1S/C26H28N6O5/c1-15-16(2)32(14-27-15)23-13-24(29-17(3)28-23)37-20-9-7-18(8-10-20)30-26(33)31-19-11-21(34-4)25(36-6)22(12-19)35-5/h7-14H,1-6H3,(H2,30,31,33). The average Bonchev–Trinajstić information content (AvgIpc) is 3.22. The van der Waals surface area contributed by atoms with Crippen molar-refractivity contribution in [3.63, 3.8) is 0 Å². The Balaban J connectivity index is 1.43. The number of nitrogens with one attached hydrogen (secondary N) is 2. The van der Waals surface area contributed by atoms with Crippen molar-refractivity contribution in [1.82, 2.24) is 19.5 Å². The zero-order chi connectivity index (χ0) is 26.5. The molecule has 2 N–H and O–H groups in total. The number of hydrogen-bond donors (Lipinski definition) is 2. The Kier molecular flexibility index (Phi) is 7.42. The molecule has 2 aromatic carbocycles. The third-order valence-corrected chi connectivity index (χ3v) is 5.56. The Bertz CT molecular complexity index is 1390. The molecule has 0 saturated heterocycles. The number of ether oxygens (including phenoxy) is 4. The number of rotatable bonds is 8. The fraction of sp³-hybridized carbons (Fsp3) is 0.231. The molecule has 0 spiro atoms. The Morgan fingerprint density at radius 3 is 2.05 bits per heavy atom. The van der Waals surface area contributed by atoms with Crippen LogP contribution in [0.4, 0.5) is 16.2 Å². The molecule has 2 aromatic heterocycles. The second-order valence-corrected chi connectivity index (χ2v) is 8.02. The molecule has 11 heteroatoms. The largest absolute Gasteiger partial charge is 0.493 e. The van der Waals surface area contributed by atoms with Gasteiger partial charge in [0.25, 0.3) is 0 Å². The first-order valence-electron chi connectivity index (χ1n) is 11.3. The van der Waals surface area contributed by atoms with Gasteiger partial charge in [0.1, 0.15) is 23.7 Å². The van der Waals surface area contributed by atoms with Crippen molar-refractivity contribution in [1.29, 1.82) is 0 Å². The van der Waals surface area contributed by atoms with E-state index in [1.54, 1.807) is 55.7 Å². The van der Waals surface area contributed by atoms with E-state index < -0.39 is 6.03 Å². The molecule has 0 radical (unpaired) electrons. The molecule has 0 fully saturated rings. The van der Waals surface area contributed by atoms with Crippen LogP contribution in [0.1, 0.15) is 17.2 Å². The van der Waals surface area contributed by atoms with E-state index in [2.05, 4.69) is 25.6 Å². The van der Waals surface area contributed by atoms with Crippen LogP contribution >= 0.6 is 0 Å². The Morgan fingerprint density at radius 2 is 1.49 bits per heavy atom. The quantitative estimate of drug-likeness (QED) is 0.342. The first-order valence-corrected chi connectivity index (χ1v) is 11.3. The number of nitrogens with zero attached hydrogens (tertiary/aromatic N) is 4. The predicted octanol–water partition coefficient (Wildman–Crippen LogP) is 5.05. The van der Waals surface area contributed by atoms with E-state index in [9.17, 15) is 4.79 Å². The maximum absolute atomic E-state index is 12.6.